The van der Waals surface area contributed by atoms with Crippen LogP contribution in [-0.4, -0.2) is 14.2 Å². The highest BCUT2D eigenvalue weighted by molar-refractivity contribution is 5.52. The zero-order valence-corrected chi connectivity index (χ0v) is 11.9. The molecule has 0 radical (unpaired) electrons. The second-order valence-electron chi connectivity index (χ2n) is 4.35. The second kappa shape index (κ2) is 6.53. The van der Waals surface area contributed by atoms with Gasteiger partial charge in [-0.3, -0.25) is 0 Å². The zero-order chi connectivity index (χ0) is 15.2. The number of hydrogen-bond acceptors (Lipinski definition) is 5. The molecule has 0 bridgehead atoms. The summed E-state index contributed by atoms with van der Waals surface area (Å²) in [4.78, 5) is 0. The van der Waals surface area contributed by atoms with Crippen LogP contribution in [0.25, 0.3) is 0 Å². The number of nitriles is 1. The highest BCUT2D eigenvalue weighted by Crippen LogP contribution is 2.30. The summed E-state index contributed by atoms with van der Waals surface area (Å²) in [5, 5.41) is 9.07. The van der Waals surface area contributed by atoms with Crippen LogP contribution in [0.1, 0.15) is 11.1 Å². The van der Waals surface area contributed by atoms with Crippen LogP contribution >= 0.6 is 0 Å². The smallest absolute Gasteiger partial charge is 0.163 e. The number of rotatable bonds is 5. The molecule has 0 aromatic heterocycles. The molecule has 0 spiro atoms. The molecule has 5 nitrogen and oxygen atoms in total. The average Bonchev–Trinajstić information content (AvgIpc) is 2.52. The van der Waals surface area contributed by atoms with Gasteiger partial charge in [-0.15, -0.1) is 0 Å². The van der Waals surface area contributed by atoms with Gasteiger partial charge >= 0.3 is 0 Å². The maximum Gasteiger partial charge on any atom is 0.163 e. The Kier molecular flexibility index (Phi) is 4.52. The fourth-order valence-corrected chi connectivity index (χ4v) is 1.90. The van der Waals surface area contributed by atoms with Gasteiger partial charge in [0, 0.05) is 11.8 Å². The summed E-state index contributed by atoms with van der Waals surface area (Å²) in [6.45, 7) is 0.304. The fourth-order valence-electron chi connectivity index (χ4n) is 1.90. The number of hydrogen-bond donors (Lipinski definition) is 1. The van der Waals surface area contributed by atoms with E-state index in [0.29, 0.717) is 35.1 Å². The van der Waals surface area contributed by atoms with E-state index in [1.807, 2.05) is 6.07 Å². The zero-order valence-electron chi connectivity index (χ0n) is 11.9. The quantitative estimate of drug-likeness (QED) is 0.854. The largest absolute Gasteiger partial charge is 0.495 e. The van der Waals surface area contributed by atoms with E-state index in [2.05, 4.69) is 6.07 Å². The Bertz CT molecular complexity index is 678. The monoisotopic (exact) mass is 284 g/mol. The molecular weight excluding hydrogens is 268 g/mol. The third-order valence-corrected chi connectivity index (χ3v) is 2.97. The van der Waals surface area contributed by atoms with Crippen LogP contribution in [0.3, 0.4) is 0 Å². The standard InChI is InChI=1S/C16H16N2O3/c1-19-14-5-3-11(7-12(14)9-17)10-21-16-8-13(18)4-6-15(16)20-2/h3-8H,10,18H2,1-2H3. The molecule has 21 heavy (non-hydrogen) atoms. The number of nitrogens with zero attached hydrogens (tertiary/aromatic N) is 1. The molecule has 0 aliphatic rings. The van der Waals surface area contributed by atoms with Crippen LogP contribution in [0.5, 0.6) is 17.2 Å². The molecule has 0 aliphatic carbocycles. The summed E-state index contributed by atoms with van der Waals surface area (Å²) >= 11 is 0. The van der Waals surface area contributed by atoms with Crippen molar-refractivity contribution < 1.29 is 14.2 Å². The highest BCUT2D eigenvalue weighted by Gasteiger charge is 2.07. The molecule has 0 fully saturated rings. The minimum Gasteiger partial charge on any atom is -0.495 e. The van der Waals surface area contributed by atoms with Gasteiger partial charge in [0.05, 0.1) is 19.8 Å². The van der Waals surface area contributed by atoms with Crippen LogP contribution in [0.2, 0.25) is 0 Å². The SMILES string of the molecule is COc1ccc(COc2cc(N)ccc2OC)cc1C#N. The Morgan fingerprint density at radius 3 is 2.38 bits per heavy atom. The first-order valence-electron chi connectivity index (χ1n) is 6.31. The lowest BCUT2D eigenvalue weighted by Crippen LogP contribution is -1.99. The Balaban J connectivity index is 2.17. The lowest BCUT2D eigenvalue weighted by molar-refractivity contribution is 0.284. The summed E-state index contributed by atoms with van der Waals surface area (Å²) in [6, 6.07) is 12.6. The molecule has 0 atom stereocenters. The fraction of sp³-hybridized carbons (Fsp3) is 0.188. The van der Waals surface area contributed by atoms with Gasteiger partial charge in [0.15, 0.2) is 11.5 Å². The van der Waals surface area contributed by atoms with Crippen molar-refractivity contribution in [1.29, 1.82) is 5.26 Å². The van der Waals surface area contributed by atoms with Gasteiger partial charge in [-0.05, 0) is 29.8 Å². The van der Waals surface area contributed by atoms with Gasteiger partial charge in [0.2, 0.25) is 0 Å². The molecule has 0 amide bonds. The van der Waals surface area contributed by atoms with Crippen molar-refractivity contribution in [1.82, 2.24) is 0 Å². The predicted octanol–water partition coefficient (Wildman–Crippen LogP) is 2.74. The van der Waals surface area contributed by atoms with E-state index in [9.17, 15) is 0 Å². The van der Waals surface area contributed by atoms with Crippen molar-refractivity contribution in [2.75, 3.05) is 20.0 Å². The van der Waals surface area contributed by atoms with Crippen LogP contribution in [0, 0.1) is 11.3 Å². The summed E-state index contributed by atoms with van der Waals surface area (Å²) in [7, 11) is 3.10. The van der Waals surface area contributed by atoms with Gasteiger partial charge in [0.25, 0.3) is 0 Å². The summed E-state index contributed by atoms with van der Waals surface area (Å²) < 4.78 is 16.0. The molecule has 2 aromatic rings. The lowest BCUT2D eigenvalue weighted by atomic mass is 10.1. The third kappa shape index (κ3) is 3.37. The number of benzene rings is 2. The Hall–Kier alpha value is -2.87. The molecule has 2 rings (SSSR count). The Morgan fingerprint density at radius 2 is 1.71 bits per heavy atom. The molecule has 2 aromatic carbocycles. The summed E-state index contributed by atoms with van der Waals surface area (Å²) in [5.74, 6) is 1.72. The van der Waals surface area contributed by atoms with Gasteiger partial charge in [-0.1, -0.05) is 6.07 Å². The minimum atomic E-state index is 0.304. The molecule has 0 saturated carbocycles. The van der Waals surface area contributed by atoms with E-state index in [1.165, 1.54) is 7.11 Å². The number of nitrogen functional groups attached to an aromatic ring is 1. The maximum atomic E-state index is 9.07. The molecule has 0 saturated heterocycles. The average molecular weight is 284 g/mol. The van der Waals surface area contributed by atoms with Gasteiger partial charge < -0.3 is 19.9 Å². The normalized spacial score (nSPS) is 9.76. The molecule has 0 heterocycles. The van der Waals surface area contributed by atoms with E-state index >= 15 is 0 Å². The van der Waals surface area contributed by atoms with Crippen molar-refractivity contribution in [3.05, 3.63) is 47.5 Å². The maximum absolute atomic E-state index is 9.07. The molecule has 0 unspecified atom stereocenters. The topological polar surface area (TPSA) is 77.5 Å². The van der Waals surface area contributed by atoms with Gasteiger partial charge in [0.1, 0.15) is 18.4 Å². The van der Waals surface area contributed by atoms with Crippen LogP contribution in [0.4, 0.5) is 5.69 Å². The van der Waals surface area contributed by atoms with Crippen LogP contribution in [0.15, 0.2) is 36.4 Å². The molecule has 5 heteroatoms. The minimum absolute atomic E-state index is 0.304. The molecule has 0 aliphatic heterocycles. The third-order valence-electron chi connectivity index (χ3n) is 2.97. The van der Waals surface area contributed by atoms with Crippen molar-refractivity contribution in [2.45, 2.75) is 6.61 Å². The number of ether oxygens (including phenoxy) is 3. The van der Waals surface area contributed by atoms with Crippen molar-refractivity contribution >= 4 is 5.69 Å². The van der Waals surface area contributed by atoms with E-state index in [1.54, 1.807) is 37.4 Å². The van der Waals surface area contributed by atoms with E-state index < -0.39 is 0 Å². The molecular formula is C16H16N2O3. The molecule has 2 N–H and O–H groups in total. The Morgan fingerprint density at radius 1 is 1.00 bits per heavy atom. The van der Waals surface area contributed by atoms with Crippen LogP contribution < -0.4 is 19.9 Å². The lowest BCUT2D eigenvalue weighted by Gasteiger charge is -2.12. The first kappa shape index (κ1) is 14.5. The van der Waals surface area contributed by atoms with E-state index in [0.717, 1.165) is 5.56 Å². The first-order chi connectivity index (χ1) is 10.2. The second-order valence-corrected chi connectivity index (χ2v) is 4.35. The van der Waals surface area contributed by atoms with Crippen molar-refractivity contribution in [3.8, 4) is 23.3 Å². The van der Waals surface area contributed by atoms with Crippen molar-refractivity contribution in [3.63, 3.8) is 0 Å². The van der Waals surface area contributed by atoms with Gasteiger partial charge in [-0.2, -0.15) is 5.26 Å². The Labute approximate surface area is 123 Å². The van der Waals surface area contributed by atoms with Crippen molar-refractivity contribution in [2.24, 2.45) is 0 Å². The number of methoxy groups -OCH3 is 2. The van der Waals surface area contributed by atoms with E-state index in [4.69, 9.17) is 25.2 Å². The first-order valence-corrected chi connectivity index (χ1v) is 6.31. The van der Waals surface area contributed by atoms with E-state index in [-0.39, 0.29) is 0 Å². The number of nitrogens with two attached hydrogens (primary N) is 1. The number of anilines is 1. The summed E-state index contributed by atoms with van der Waals surface area (Å²) in [6.07, 6.45) is 0. The predicted molar refractivity (Wildman–Crippen MR) is 79.4 cm³/mol. The highest BCUT2D eigenvalue weighted by atomic mass is 16.5. The van der Waals surface area contributed by atoms with Gasteiger partial charge in [-0.25, -0.2) is 0 Å². The van der Waals surface area contributed by atoms with Crippen LogP contribution in [-0.2, 0) is 6.61 Å². The molecule has 108 valence electrons. The summed E-state index contributed by atoms with van der Waals surface area (Å²) in [5.41, 5.74) is 7.66.